The highest BCUT2D eigenvalue weighted by atomic mass is 35.5. The second-order valence-corrected chi connectivity index (χ2v) is 5.78. The first-order valence-corrected chi connectivity index (χ1v) is 8.12. The van der Waals surface area contributed by atoms with E-state index in [2.05, 4.69) is 15.5 Å². The number of ether oxygens (including phenoxy) is 1. The molecule has 0 radical (unpaired) electrons. The molecule has 2 aromatic carbocycles. The molecule has 0 spiro atoms. The largest absolute Gasteiger partial charge is 0.494 e. The second kappa shape index (κ2) is 7.32. The van der Waals surface area contributed by atoms with Crippen molar-refractivity contribution in [3.8, 4) is 5.75 Å². The summed E-state index contributed by atoms with van der Waals surface area (Å²) in [5.41, 5.74) is 6.72. The topological polar surface area (TPSA) is 46.5 Å². The summed E-state index contributed by atoms with van der Waals surface area (Å²) in [7, 11) is 0. The smallest absolute Gasteiger partial charge is 0.121 e. The average molecular weight is 340 g/mol. The van der Waals surface area contributed by atoms with Crippen molar-refractivity contribution in [1.82, 2.24) is 4.98 Å². The van der Waals surface area contributed by atoms with Crippen LogP contribution in [0.1, 0.15) is 18.2 Å². The molecule has 0 unspecified atom stereocenters. The lowest BCUT2D eigenvalue weighted by atomic mass is 10.1. The Morgan fingerprint density at radius 3 is 2.88 bits per heavy atom. The predicted octanol–water partition coefficient (Wildman–Crippen LogP) is 5.04. The highest BCUT2D eigenvalue weighted by Crippen LogP contribution is 2.27. The van der Waals surface area contributed by atoms with E-state index in [9.17, 15) is 0 Å². The van der Waals surface area contributed by atoms with Crippen molar-refractivity contribution >= 4 is 34.4 Å². The molecule has 0 atom stereocenters. The van der Waals surface area contributed by atoms with Crippen molar-refractivity contribution in [3.05, 3.63) is 64.8 Å². The number of aromatic nitrogens is 1. The fraction of sp³-hybridized carbons (Fsp3) is 0.158. The molecule has 0 saturated heterocycles. The molecule has 122 valence electrons. The lowest BCUT2D eigenvalue weighted by Crippen LogP contribution is -1.96. The van der Waals surface area contributed by atoms with Gasteiger partial charge in [-0.15, -0.1) is 0 Å². The fourth-order valence-electron chi connectivity index (χ4n) is 2.45. The molecule has 0 aliphatic carbocycles. The first-order valence-electron chi connectivity index (χ1n) is 7.74. The van der Waals surface area contributed by atoms with Gasteiger partial charge in [-0.2, -0.15) is 5.10 Å². The Hall–Kier alpha value is -2.59. The molecule has 3 aromatic rings. The molecule has 5 heteroatoms. The SMILES string of the molecule is CCOc1ccc2c(N/N=C/c3cccc(Cl)c3)cc(C)nc2c1. The van der Waals surface area contributed by atoms with Gasteiger partial charge in [0.1, 0.15) is 5.75 Å². The van der Waals surface area contributed by atoms with E-state index >= 15 is 0 Å². The highest BCUT2D eigenvalue weighted by Gasteiger charge is 2.05. The predicted molar refractivity (Wildman–Crippen MR) is 100 cm³/mol. The molecule has 0 amide bonds. The summed E-state index contributed by atoms with van der Waals surface area (Å²) < 4.78 is 5.54. The van der Waals surface area contributed by atoms with Crippen LogP contribution in [0.15, 0.2) is 53.6 Å². The number of fused-ring (bicyclic) bond motifs is 1. The Labute approximate surface area is 146 Å². The summed E-state index contributed by atoms with van der Waals surface area (Å²) in [6.45, 7) is 4.55. The molecule has 0 aliphatic rings. The molecule has 0 saturated carbocycles. The molecule has 1 aromatic heterocycles. The Kier molecular flexibility index (Phi) is 4.96. The normalized spacial score (nSPS) is 11.1. The zero-order valence-electron chi connectivity index (χ0n) is 13.6. The molecular formula is C19H18ClN3O. The Balaban J connectivity index is 1.88. The van der Waals surface area contributed by atoms with Gasteiger partial charge in [-0.1, -0.05) is 23.7 Å². The maximum absolute atomic E-state index is 5.98. The maximum atomic E-state index is 5.98. The number of benzene rings is 2. The van der Waals surface area contributed by atoms with Crippen LogP contribution in [0.2, 0.25) is 5.02 Å². The number of nitrogens with zero attached hydrogens (tertiary/aromatic N) is 2. The molecule has 0 bridgehead atoms. The summed E-state index contributed by atoms with van der Waals surface area (Å²) in [6, 6.07) is 15.4. The monoisotopic (exact) mass is 339 g/mol. The van der Waals surface area contributed by atoms with Crippen LogP contribution >= 0.6 is 11.6 Å². The minimum Gasteiger partial charge on any atom is -0.494 e. The van der Waals surface area contributed by atoms with Crippen LogP contribution in [0.25, 0.3) is 10.9 Å². The minimum atomic E-state index is 0.631. The first-order chi connectivity index (χ1) is 11.7. The molecule has 24 heavy (non-hydrogen) atoms. The zero-order valence-corrected chi connectivity index (χ0v) is 14.3. The molecule has 1 N–H and O–H groups in total. The summed E-state index contributed by atoms with van der Waals surface area (Å²) in [4.78, 5) is 4.57. The van der Waals surface area contributed by atoms with Crippen molar-refractivity contribution in [2.45, 2.75) is 13.8 Å². The maximum Gasteiger partial charge on any atom is 0.121 e. The minimum absolute atomic E-state index is 0.631. The van der Waals surface area contributed by atoms with Gasteiger partial charge in [0.25, 0.3) is 0 Å². The molecule has 0 aliphatic heterocycles. The number of anilines is 1. The van der Waals surface area contributed by atoms with Crippen LogP contribution in [0.4, 0.5) is 5.69 Å². The molecular weight excluding hydrogens is 322 g/mol. The van der Waals surface area contributed by atoms with Crippen LogP contribution in [0, 0.1) is 6.92 Å². The number of rotatable bonds is 5. The van der Waals surface area contributed by atoms with E-state index in [1.807, 2.05) is 62.4 Å². The molecule has 4 nitrogen and oxygen atoms in total. The first kappa shape index (κ1) is 16.3. The summed E-state index contributed by atoms with van der Waals surface area (Å²) in [5.74, 6) is 0.816. The quantitative estimate of drug-likeness (QED) is 0.523. The van der Waals surface area contributed by atoms with Gasteiger partial charge in [0.05, 0.1) is 24.0 Å². The molecule has 1 heterocycles. The lowest BCUT2D eigenvalue weighted by Gasteiger charge is -2.09. The van der Waals surface area contributed by atoms with Crippen molar-refractivity contribution in [3.63, 3.8) is 0 Å². The fourth-order valence-corrected chi connectivity index (χ4v) is 2.65. The molecule has 3 rings (SSSR count). The number of hydrogen-bond acceptors (Lipinski definition) is 4. The van der Waals surface area contributed by atoms with E-state index < -0.39 is 0 Å². The summed E-state index contributed by atoms with van der Waals surface area (Å²) in [5, 5.41) is 5.99. The van der Waals surface area contributed by atoms with Gasteiger partial charge < -0.3 is 4.74 Å². The van der Waals surface area contributed by atoms with Crippen molar-refractivity contribution in [1.29, 1.82) is 0 Å². The number of hydrogen-bond donors (Lipinski definition) is 1. The number of halogens is 1. The number of hydrazone groups is 1. The Bertz CT molecular complexity index is 893. The Morgan fingerprint density at radius 2 is 2.08 bits per heavy atom. The van der Waals surface area contributed by atoms with Gasteiger partial charge in [-0.3, -0.25) is 10.4 Å². The van der Waals surface area contributed by atoms with Crippen LogP contribution in [-0.2, 0) is 0 Å². The Morgan fingerprint density at radius 1 is 1.21 bits per heavy atom. The highest BCUT2D eigenvalue weighted by molar-refractivity contribution is 6.30. The van der Waals surface area contributed by atoms with E-state index in [-0.39, 0.29) is 0 Å². The van der Waals surface area contributed by atoms with E-state index in [0.717, 1.165) is 33.6 Å². The van der Waals surface area contributed by atoms with Gasteiger partial charge in [-0.25, -0.2) is 0 Å². The van der Waals surface area contributed by atoms with Crippen molar-refractivity contribution in [2.75, 3.05) is 12.0 Å². The summed E-state index contributed by atoms with van der Waals surface area (Å²) >= 11 is 5.98. The van der Waals surface area contributed by atoms with Crippen LogP contribution in [0.5, 0.6) is 5.75 Å². The van der Waals surface area contributed by atoms with E-state index in [1.54, 1.807) is 6.21 Å². The van der Waals surface area contributed by atoms with Crippen LogP contribution in [-0.4, -0.2) is 17.8 Å². The van der Waals surface area contributed by atoms with Gasteiger partial charge in [0, 0.05) is 22.2 Å². The summed E-state index contributed by atoms with van der Waals surface area (Å²) in [6.07, 6.45) is 1.74. The van der Waals surface area contributed by atoms with Crippen molar-refractivity contribution < 1.29 is 4.74 Å². The van der Waals surface area contributed by atoms with E-state index in [1.165, 1.54) is 0 Å². The lowest BCUT2D eigenvalue weighted by molar-refractivity contribution is 0.340. The van der Waals surface area contributed by atoms with Gasteiger partial charge in [-0.05, 0) is 49.7 Å². The van der Waals surface area contributed by atoms with Crippen LogP contribution in [0.3, 0.4) is 0 Å². The number of pyridine rings is 1. The molecule has 0 fully saturated rings. The third kappa shape index (κ3) is 3.84. The van der Waals surface area contributed by atoms with Gasteiger partial charge in [0.2, 0.25) is 0 Å². The zero-order chi connectivity index (χ0) is 16.9. The third-order valence-electron chi connectivity index (χ3n) is 3.47. The van der Waals surface area contributed by atoms with E-state index in [4.69, 9.17) is 16.3 Å². The van der Waals surface area contributed by atoms with Gasteiger partial charge >= 0.3 is 0 Å². The third-order valence-corrected chi connectivity index (χ3v) is 3.70. The average Bonchev–Trinajstić information content (AvgIpc) is 2.55. The van der Waals surface area contributed by atoms with E-state index in [0.29, 0.717) is 11.6 Å². The second-order valence-electron chi connectivity index (χ2n) is 5.35. The number of nitrogens with one attached hydrogen (secondary N) is 1. The van der Waals surface area contributed by atoms with Gasteiger partial charge in [0.15, 0.2) is 0 Å². The number of aryl methyl sites for hydroxylation is 1. The standard InChI is InChI=1S/C19H18ClN3O/c1-3-24-16-7-8-17-18(11-16)22-13(2)9-19(17)23-21-12-14-5-4-6-15(20)10-14/h4-12H,3H2,1-2H3,(H,22,23)/b21-12+. The van der Waals surface area contributed by atoms with Crippen molar-refractivity contribution in [2.24, 2.45) is 5.10 Å². The van der Waals surface area contributed by atoms with Crippen LogP contribution < -0.4 is 10.2 Å².